The van der Waals surface area contributed by atoms with Crippen LogP contribution in [0.3, 0.4) is 0 Å². The van der Waals surface area contributed by atoms with Crippen molar-refractivity contribution in [1.82, 2.24) is 4.98 Å². The first-order valence-electron chi connectivity index (χ1n) is 6.73. The SMILES string of the molecule is CCOC(=O)/C=C/c1ccc(C)cc1Oc1ccccn1. The number of carbonyl (C=O) groups is 1. The lowest BCUT2D eigenvalue weighted by atomic mass is 10.1. The molecule has 0 unspecified atom stereocenters. The molecule has 1 aromatic carbocycles. The van der Waals surface area contributed by atoms with E-state index >= 15 is 0 Å². The van der Waals surface area contributed by atoms with Crippen LogP contribution in [0, 0.1) is 6.92 Å². The van der Waals surface area contributed by atoms with Crippen molar-refractivity contribution in [2.75, 3.05) is 6.61 Å². The van der Waals surface area contributed by atoms with Crippen molar-refractivity contribution in [3.05, 3.63) is 59.8 Å². The summed E-state index contributed by atoms with van der Waals surface area (Å²) < 4.78 is 10.6. The maximum Gasteiger partial charge on any atom is 0.330 e. The van der Waals surface area contributed by atoms with Crippen LogP contribution in [0.4, 0.5) is 0 Å². The first-order valence-corrected chi connectivity index (χ1v) is 6.73. The molecule has 0 aliphatic rings. The number of rotatable bonds is 5. The highest BCUT2D eigenvalue weighted by molar-refractivity contribution is 5.87. The first-order chi connectivity index (χ1) is 10.2. The minimum absolute atomic E-state index is 0.356. The number of hydrogen-bond acceptors (Lipinski definition) is 4. The Labute approximate surface area is 124 Å². The molecule has 21 heavy (non-hydrogen) atoms. The van der Waals surface area contributed by atoms with Crippen LogP contribution < -0.4 is 4.74 Å². The molecule has 2 rings (SSSR count). The predicted molar refractivity (Wildman–Crippen MR) is 81.2 cm³/mol. The first kappa shape index (κ1) is 14.8. The number of carbonyl (C=O) groups excluding carboxylic acids is 1. The number of aryl methyl sites for hydroxylation is 1. The molecule has 4 nitrogen and oxygen atoms in total. The average molecular weight is 283 g/mol. The van der Waals surface area contributed by atoms with E-state index in [-0.39, 0.29) is 5.97 Å². The Morgan fingerprint density at radius 2 is 2.14 bits per heavy atom. The zero-order valence-electron chi connectivity index (χ0n) is 12.1. The number of pyridine rings is 1. The third-order valence-electron chi connectivity index (χ3n) is 2.71. The second-order valence-electron chi connectivity index (χ2n) is 4.40. The fourth-order valence-corrected chi connectivity index (χ4v) is 1.74. The molecule has 1 heterocycles. The van der Waals surface area contributed by atoms with Crippen LogP contribution in [-0.2, 0) is 9.53 Å². The lowest BCUT2D eigenvalue weighted by Crippen LogP contribution is -1.99. The highest BCUT2D eigenvalue weighted by atomic mass is 16.5. The molecule has 4 heteroatoms. The van der Waals surface area contributed by atoms with Gasteiger partial charge in [0.1, 0.15) is 5.75 Å². The van der Waals surface area contributed by atoms with Gasteiger partial charge in [-0.3, -0.25) is 0 Å². The Morgan fingerprint density at radius 1 is 1.29 bits per heavy atom. The lowest BCUT2D eigenvalue weighted by molar-refractivity contribution is -0.137. The van der Waals surface area contributed by atoms with Crippen LogP contribution in [0.15, 0.2) is 48.7 Å². The van der Waals surface area contributed by atoms with Crippen LogP contribution in [0.1, 0.15) is 18.1 Å². The van der Waals surface area contributed by atoms with Gasteiger partial charge in [0.2, 0.25) is 5.88 Å². The van der Waals surface area contributed by atoms with E-state index in [0.717, 1.165) is 11.1 Å². The molecule has 0 saturated heterocycles. The molecular formula is C17H17NO3. The van der Waals surface area contributed by atoms with Crippen LogP contribution in [0.25, 0.3) is 6.08 Å². The van der Waals surface area contributed by atoms with E-state index in [1.807, 2.05) is 37.3 Å². The summed E-state index contributed by atoms with van der Waals surface area (Å²) in [5.74, 6) is 0.782. The van der Waals surface area contributed by atoms with Gasteiger partial charge in [0.05, 0.1) is 6.61 Å². The molecule has 0 bridgehead atoms. The molecule has 2 aromatic rings. The molecular weight excluding hydrogens is 266 g/mol. The van der Waals surface area contributed by atoms with E-state index in [1.54, 1.807) is 25.3 Å². The third kappa shape index (κ3) is 4.45. The summed E-state index contributed by atoms with van der Waals surface area (Å²) in [6.07, 6.45) is 4.73. The number of nitrogens with zero attached hydrogens (tertiary/aromatic N) is 1. The lowest BCUT2D eigenvalue weighted by Gasteiger charge is -2.08. The molecule has 0 saturated carbocycles. The largest absolute Gasteiger partial charge is 0.463 e. The van der Waals surface area contributed by atoms with Gasteiger partial charge in [-0.2, -0.15) is 0 Å². The quantitative estimate of drug-likeness (QED) is 0.619. The van der Waals surface area contributed by atoms with Crippen LogP contribution in [0.2, 0.25) is 0 Å². The summed E-state index contributed by atoms with van der Waals surface area (Å²) in [5.41, 5.74) is 1.86. The smallest absolute Gasteiger partial charge is 0.330 e. The monoisotopic (exact) mass is 283 g/mol. The Kier molecular flexibility index (Phi) is 5.10. The van der Waals surface area contributed by atoms with E-state index < -0.39 is 0 Å². The second kappa shape index (κ2) is 7.24. The Hall–Kier alpha value is -2.62. The fraction of sp³-hybridized carbons (Fsp3) is 0.176. The van der Waals surface area contributed by atoms with E-state index in [2.05, 4.69) is 4.98 Å². The Bertz CT molecular complexity index is 636. The van der Waals surface area contributed by atoms with Gasteiger partial charge in [-0.1, -0.05) is 18.2 Å². The molecule has 0 radical (unpaired) electrons. The van der Waals surface area contributed by atoms with Crippen LogP contribution >= 0.6 is 0 Å². The fourth-order valence-electron chi connectivity index (χ4n) is 1.74. The molecule has 0 fully saturated rings. The summed E-state index contributed by atoms with van der Waals surface area (Å²) in [7, 11) is 0. The van der Waals surface area contributed by atoms with E-state index in [4.69, 9.17) is 9.47 Å². The number of aromatic nitrogens is 1. The molecule has 0 spiro atoms. The van der Waals surface area contributed by atoms with Gasteiger partial charge in [0.25, 0.3) is 0 Å². The topological polar surface area (TPSA) is 48.4 Å². The van der Waals surface area contributed by atoms with Crippen LogP contribution in [0.5, 0.6) is 11.6 Å². The van der Waals surface area contributed by atoms with Gasteiger partial charge in [0, 0.05) is 23.9 Å². The van der Waals surface area contributed by atoms with Crippen molar-refractivity contribution < 1.29 is 14.3 Å². The summed E-state index contributed by atoms with van der Waals surface area (Å²) in [4.78, 5) is 15.5. The van der Waals surface area contributed by atoms with Crippen molar-refractivity contribution in [3.8, 4) is 11.6 Å². The minimum atomic E-state index is -0.373. The van der Waals surface area contributed by atoms with Gasteiger partial charge in [-0.25, -0.2) is 9.78 Å². The molecule has 0 aliphatic heterocycles. The summed E-state index contributed by atoms with van der Waals surface area (Å²) >= 11 is 0. The zero-order chi connectivity index (χ0) is 15.1. The maximum atomic E-state index is 11.4. The number of hydrogen-bond donors (Lipinski definition) is 0. The zero-order valence-corrected chi connectivity index (χ0v) is 12.1. The molecule has 108 valence electrons. The second-order valence-corrected chi connectivity index (χ2v) is 4.40. The van der Waals surface area contributed by atoms with Gasteiger partial charge in [0.15, 0.2) is 0 Å². The van der Waals surface area contributed by atoms with Gasteiger partial charge >= 0.3 is 5.97 Å². The summed E-state index contributed by atoms with van der Waals surface area (Å²) in [6.45, 7) is 4.10. The molecule has 0 atom stereocenters. The Balaban J connectivity index is 2.23. The average Bonchev–Trinajstić information content (AvgIpc) is 2.48. The minimum Gasteiger partial charge on any atom is -0.463 e. The molecule has 0 aliphatic carbocycles. The van der Waals surface area contributed by atoms with E-state index in [0.29, 0.717) is 18.2 Å². The Morgan fingerprint density at radius 3 is 2.86 bits per heavy atom. The van der Waals surface area contributed by atoms with Crippen LogP contribution in [-0.4, -0.2) is 17.6 Å². The number of ether oxygens (including phenoxy) is 2. The van der Waals surface area contributed by atoms with Crippen molar-refractivity contribution in [3.63, 3.8) is 0 Å². The van der Waals surface area contributed by atoms with E-state index in [9.17, 15) is 4.79 Å². The molecule has 1 aromatic heterocycles. The molecule has 0 N–H and O–H groups in total. The van der Waals surface area contributed by atoms with Crippen molar-refractivity contribution in [2.24, 2.45) is 0 Å². The number of esters is 1. The van der Waals surface area contributed by atoms with Crippen molar-refractivity contribution in [2.45, 2.75) is 13.8 Å². The van der Waals surface area contributed by atoms with Gasteiger partial charge in [-0.15, -0.1) is 0 Å². The third-order valence-corrected chi connectivity index (χ3v) is 2.71. The van der Waals surface area contributed by atoms with Gasteiger partial charge in [-0.05, 0) is 37.6 Å². The van der Waals surface area contributed by atoms with Crippen molar-refractivity contribution in [1.29, 1.82) is 0 Å². The molecule has 0 amide bonds. The maximum absolute atomic E-state index is 11.4. The van der Waals surface area contributed by atoms with Crippen molar-refractivity contribution >= 4 is 12.0 Å². The summed E-state index contributed by atoms with van der Waals surface area (Å²) in [5, 5.41) is 0. The van der Waals surface area contributed by atoms with E-state index in [1.165, 1.54) is 6.08 Å². The predicted octanol–water partition coefficient (Wildman–Crippen LogP) is 3.76. The standard InChI is InChI=1S/C17H17NO3/c1-3-20-17(19)10-9-14-8-7-13(2)12-15(14)21-16-6-4-5-11-18-16/h4-12H,3H2,1-2H3/b10-9+. The highest BCUT2D eigenvalue weighted by Gasteiger charge is 2.05. The van der Waals surface area contributed by atoms with Gasteiger partial charge < -0.3 is 9.47 Å². The number of benzene rings is 1. The highest BCUT2D eigenvalue weighted by Crippen LogP contribution is 2.26. The normalized spacial score (nSPS) is 10.6. The summed E-state index contributed by atoms with van der Waals surface area (Å²) in [6, 6.07) is 11.2.